The van der Waals surface area contributed by atoms with Crippen molar-refractivity contribution in [3.63, 3.8) is 0 Å². The van der Waals surface area contributed by atoms with Crippen molar-refractivity contribution in [1.82, 2.24) is 19.1 Å². The molecule has 0 atom stereocenters. The maximum atomic E-state index is 10.8. The molecule has 1 N–H and O–H groups in total. The number of aryl methyl sites for hydroxylation is 2. The van der Waals surface area contributed by atoms with Crippen molar-refractivity contribution in [2.45, 2.75) is 13.0 Å². The molecule has 0 saturated carbocycles. The first-order valence-electron chi connectivity index (χ1n) is 6.30. The Hall–Kier alpha value is -2.63. The fourth-order valence-electron chi connectivity index (χ4n) is 2.23. The van der Waals surface area contributed by atoms with Gasteiger partial charge in [-0.05, 0) is 12.1 Å². The van der Waals surface area contributed by atoms with Gasteiger partial charge in [0.05, 0.1) is 23.8 Å². The molecule has 20 heavy (non-hydrogen) atoms. The average molecular weight is 270 g/mol. The summed E-state index contributed by atoms with van der Waals surface area (Å²) in [4.78, 5) is 19.7. The summed E-state index contributed by atoms with van der Waals surface area (Å²) in [7, 11) is 1.89. The molecule has 0 aliphatic carbocycles. The van der Waals surface area contributed by atoms with Crippen LogP contribution in [0.4, 0.5) is 0 Å². The number of rotatable bonds is 4. The zero-order valence-electron chi connectivity index (χ0n) is 11.0. The van der Waals surface area contributed by atoms with Gasteiger partial charge in [-0.1, -0.05) is 12.1 Å². The highest BCUT2D eigenvalue weighted by Gasteiger charge is 2.14. The van der Waals surface area contributed by atoms with E-state index in [1.54, 1.807) is 6.33 Å². The Bertz CT molecular complexity index is 772. The van der Waals surface area contributed by atoms with Crippen molar-refractivity contribution >= 4 is 17.0 Å². The van der Waals surface area contributed by atoms with E-state index in [0.29, 0.717) is 12.4 Å². The second kappa shape index (κ2) is 4.80. The minimum atomic E-state index is -0.824. The molecular formula is C14H14N4O2. The lowest BCUT2D eigenvalue weighted by Gasteiger charge is -2.05. The van der Waals surface area contributed by atoms with Gasteiger partial charge in [-0.3, -0.25) is 4.79 Å². The first-order chi connectivity index (χ1) is 9.65. The van der Waals surface area contributed by atoms with Gasteiger partial charge in [0.2, 0.25) is 0 Å². The Kier molecular flexibility index (Phi) is 2.98. The van der Waals surface area contributed by atoms with Crippen molar-refractivity contribution < 1.29 is 9.90 Å². The summed E-state index contributed by atoms with van der Waals surface area (Å²) in [6, 6.07) is 7.69. The summed E-state index contributed by atoms with van der Waals surface area (Å²) in [6.45, 7) is 0.377. The minimum absolute atomic E-state index is 0.0557. The van der Waals surface area contributed by atoms with Gasteiger partial charge in [-0.2, -0.15) is 0 Å². The minimum Gasteiger partial charge on any atom is -0.481 e. The Morgan fingerprint density at radius 2 is 2.15 bits per heavy atom. The first kappa shape index (κ1) is 12.4. The first-order valence-corrected chi connectivity index (χ1v) is 6.30. The highest BCUT2D eigenvalue weighted by atomic mass is 16.4. The lowest BCUT2D eigenvalue weighted by molar-refractivity contribution is -0.137. The molecule has 2 aromatic heterocycles. The third kappa shape index (κ3) is 2.16. The molecule has 102 valence electrons. The van der Waals surface area contributed by atoms with Crippen LogP contribution in [0.25, 0.3) is 22.6 Å². The number of aromatic nitrogens is 4. The van der Waals surface area contributed by atoms with Crippen LogP contribution < -0.4 is 0 Å². The molecule has 0 unspecified atom stereocenters. The topological polar surface area (TPSA) is 72.9 Å². The van der Waals surface area contributed by atoms with Crippen LogP contribution in [0.2, 0.25) is 0 Å². The Morgan fingerprint density at radius 3 is 2.85 bits per heavy atom. The summed E-state index contributed by atoms with van der Waals surface area (Å²) < 4.78 is 3.75. The van der Waals surface area contributed by atoms with Crippen LogP contribution in [-0.4, -0.2) is 30.2 Å². The predicted octanol–water partition coefficient (Wildman–Crippen LogP) is 1.91. The van der Waals surface area contributed by atoms with Crippen LogP contribution in [0.5, 0.6) is 0 Å². The van der Waals surface area contributed by atoms with E-state index in [0.717, 1.165) is 16.7 Å². The molecule has 6 heteroatoms. The molecular weight excluding hydrogens is 256 g/mol. The van der Waals surface area contributed by atoms with E-state index in [1.165, 1.54) is 0 Å². The van der Waals surface area contributed by atoms with Crippen LogP contribution in [0.3, 0.4) is 0 Å². The normalized spacial score (nSPS) is 11.1. The molecule has 0 saturated heterocycles. The highest BCUT2D eigenvalue weighted by molar-refractivity contribution is 5.80. The third-order valence-electron chi connectivity index (χ3n) is 3.14. The number of hydrogen-bond donors (Lipinski definition) is 1. The van der Waals surface area contributed by atoms with Crippen LogP contribution in [0, 0.1) is 0 Å². The lowest BCUT2D eigenvalue weighted by Crippen LogP contribution is -2.06. The molecule has 0 aliphatic rings. The van der Waals surface area contributed by atoms with Gasteiger partial charge in [0, 0.05) is 19.8 Å². The summed E-state index contributed by atoms with van der Waals surface area (Å²) in [6.07, 6.45) is 3.63. The summed E-state index contributed by atoms with van der Waals surface area (Å²) in [5.41, 5.74) is 2.52. The average Bonchev–Trinajstić information content (AvgIpc) is 2.99. The summed E-state index contributed by atoms with van der Waals surface area (Å²) >= 11 is 0. The SMILES string of the molecule is Cn1cnc(-c2nc3ccccc3n2CCC(=O)O)c1. The number of benzene rings is 1. The van der Waals surface area contributed by atoms with Crippen molar-refractivity contribution in [3.05, 3.63) is 36.8 Å². The van der Waals surface area contributed by atoms with Crippen molar-refractivity contribution in [3.8, 4) is 11.5 Å². The van der Waals surface area contributed by atoms with E-state index in [9.17, 15) is 4.79 Å². The van der Waals surface area contributed by atoms with E-state index in [1.807, 2.05) is 46.6 Å². The Labute approximate surface area is 115 Å². The number of hydrogen-bond acceptors (Lipinski definition) is 3. The second-order valence-corrected chi connectivity index (χ2v) is 4.64. The number of para-hydroxylation sites is 2. The smallest absolute Gasteiger partial charge is 0.305 e. The zero-order valence-corrected chi connectivity index (χ0v) is 11.0. The number of fused-ring (bicyclic) bond motifs is 1. The number of aliphatic carboxylic acids is 1. The van der Waals surface area contributed by atoms with Crippen LogP contribution in [0.1, 0.15) is 6.42 Å². The van der Waals surface area contributed by atoms with E-state index in [4.69, 9.17) is 5.11 Å². The predicted molar refractivity (Wildman–Crippen MR) is 74.2 cm³/mol. The number of carboxylic acid groups (broad SMARTS) is 1. The quantitative estimate of drug-likeness (QED) is 0.786. The third-order valence-corrected chi connectivity index (χ3v) is 3.14. The monoisotopic (exact) mass is 270 g/mol. The van der Waals surface area contributed by atoms with Gasteiger partial charge < -0.3 is 14.2 Å². The van der Waals surface area contributed by atoms with Crippen LogP contribution in [0.15, 0.2) is 36.8 Å². The van der Waals surface area contributed by atoms with Gasteiger partial charge in [-0.15, -0.1) is 0 Å². The zero-order chi connectivity index (χ0) is 14.1. The molecule has 0 amide bonds. The molecule has 0 radical (unpaired) electrons. The Balaban J connectivity index is 2.14. The van der Waals surface area contributed by atoms with E-state index in [2.05, 4.69) is 9.97 Å². The summed E-state index contributed by atoms with van der Waals surface area (Å²) in [5.74, 6) is -0.122. The van der Waals surface area contributed by atoms with Gasteiger partial charge >= 0.3 is 5.97 Å². The molecule has 0 bridgehead atoms. The fourth-order valence-corrected chi connectivity index (χ4v) is 2.23. The maximum Gasteiger partial charge on any atom is 0.305 e. The standard InChI is InChI=1S/C14H14N4O2/c1-17-8-11(15-9-17)14-16-10-4-2-3-5-12(10)18(14)7-6-13(19)20/h2-5,8-9H,6-7H2,1H3,(H,19,20). The molecule has 0 fully saturated rings. The van der Waals surface area contributed by atoms with Crippen molar-refractivity contribution in [2.75, 3.05) is 0 Å². The van der Waals surface area contributed by atoms with Gasteiger partial charge in [0.15, 0.2) is 5.82 Å². The molecule has 1 aromatic carbocycles. The van der Waals surface area contributed by atoms with Crippen molar-refractivity contribution in [2.24, 2.45) is 7.05 Å². The molecule has 3 aromatic rings. The molecule has 6 nitrogen and oxygen atoms in total. The van der Waals surface area contributed by atoms with Crippen LogP contribution in [-0.2, 0) is 18.4 Å². The molecule has 2 heterocycles. The number of carbonyl (C=O) groups is 1. The summed E-state index contributed by atoms with van der Waals surface area (Å²) in [5, 5.41) is 8.90. The van der Waals surface area contributed by atoms with E-state index < -0.39 is 5.97 Å². The second-order valence-electron chi connectivity index (χ2n) is 4.64. The van der Waals surface area contributed by atoms with Gasteiger partial charge in [-0.25, -0.2) is 9.97 Å². The molecule has 0 spiro atoms. The van der Waals surface area contributed by atoms with Gasteiger partial charge in [0.25, 0.3) is 0 Å². The number of nitrogens with zero attached hydrogens (tertiary/aromatic N) is 4. The Morgan fingerprint density at radius 1 is 1.35 bits per heavy atom. The van der Waals surface area contributed by atoms with E-state index >= 15 is 0 Å². The largest absolute Gasteiger partial charge is 0.481 e. The maximum absolute atomic E-state index is 10.8. The molecule has 3 rings (SSSR count). The van der Waals surface area contributed by atoms with E-state index in [-0.39, 0.29) is 6.42 Å². The van der Waals surface area contributed by atoms with Crippen molar-refractivity contribution in [1.29, 1.82) is 0 Å². The van der Waals surface area contributed by atoms with Crippen LogP contribution >= 0.6 is 0 Å². The van der Waals surface area contributed by atoms with Gasteiger partial charge in [0.1, 0.15) is 5.69 Å². The number of carboxylic acids is 1. The highest BCUT2D eigenvalue weighted by Crippen LogP contribution is 2.23. The lowest BCUT2D eigenvalue weighted by atomic mass is 10.3. The number of imidazole rings is 2. The molecule has 0 aliphatic heterocycles. The fraction of sp³-hybridized carbons (Fsp3) is 0.214.